The van der Waals surface area contributed by atoms with Gasteiger partial charge in [-0.1, -0.05) is 41.6 Å². The zero-order valence-corrected chi connectivity index (χ0v) is 13.3. The Labute approximate surface area is 142 Å². The third kappa shape index (κ3) is 3.69. The normalized spacial score (nSPS) is 10.4. The number of aromatic nitrogens is 2. The van der Waals surface area contributed by atoms with Gasteiger partial charge in [-0.25, -0.2) is 0 Å². The van der Waals surface area contributed by atoms with Crippen LogP contribution >= 0.6 is 0 Å². The number of carbonyl (C=O) groups is 1. The van der Waals surface area contributed by atoms with E-state index in [0.29, 0.717) is 5.82 Å². The van der Waals surface area contributed by atoms with Crippen molar-refractivity contribution in [3.8, 4) is 11.4 Å². The zero-order valence-electron chi connectivity index (χ0n) is 13.3. The maximum atomic E-state index is 12.4. The quantitative estimate of drug-likeness (QED) is 0.523. The molecule has 2 aromatic carbocycles. The maximum absolute atomic E-state index is 12.4. The summed E-state index contributed by atoms with van der Waals surface area (Å²) in [6, 6.07) is 14.9. The number of non-ortho nitro benzene ring substituents is 1. The summed E-state index contributed by atoms with van der Waals surface area (Å²) in [5, 5.41) is 14.7. The van der Waals surface area contributed by atoms with Gasteiger partial charge in [0.2, 0.25) is 11.7 Å². The minimum absolute atomic E-state index is 0.0986. The molecule has 1 heterocycles. The number of nitrogens with zero attached hydrogens (tertiary/aromatic N) is 4. The average molecular weight is 338 g/mol. The van der Waals surface area contributed by atoms with E-state index in [9.17, 15) is 14.9 Å². The van der Waals surface area contributed by atoms with Crippen molar-refractivity contribution in [3.05, 3.63) is 76.2 Å². The van der Waals surface area contributed by atoms with Gasteiger partial charge in [0.15, 0.2) is 0 Å². The van der Waals surface area contributed by atoms with Gasteiger partial charge in [-0.05, 0) is 6.07 Å². The molecule has 8 nitrogen and oxygen atoms in total. The molecule has 1 aromatic heterocycles. The van der Waals surface area contributed by atoms with Gasteiger partial charge < -0.3 is 9.42 Å². The van der Waals surface area contributed by atoms with Crippen LogP contribution in [0.15, 0.2) is 59.1 Å². The van der Waals surface area contributed by atoms with E-state index in [1.165, 1.54) is 29.2 Å². The lowest BCUT2D eigenvalue weighted by atomic mass is 10.2. The fraction of sp³-hybridized carbons (Fsp3) is 0.118. The van der Waals surface area contributed by atoms with Crippen molar-refractivity contribution < 1.29 is 14.2 Å². The van der Waals surface area contributed by atoms with Crippen LogP contribution in [0.2, 0.25) is 0 Å². The monoisotopic (exact) mass is 338 g/mol. The zero-order chi connectivity index (χ0) is 17.8. The van der Waals surface area contributed by atoms with Gasteiger partial charge in [-0.15, -0.1) is 0 Å². The lowest BCUT2D eigenvalue weighted by molar-refractivity contribution is -0.384. The number of hydrogen-bond acceptors (Lipinski definition) is 6. The highest BCUT2D eigenvalue weighted by molar-refractivity contribution is 5.94. The summed E-state index contributed by atoms with van der Waals surface area (Å²) in [7, 11) is 1.56. The number of benzene rings is 2. The highest BCUT2D eigenvalue weighted by Gasteiger charge is 2.18. The van der Waals surface area contributed by atoms with Crippen LogP contribution in [0.5, 0.6) is 0 Å². The molecule has 0 N–H and O–H groups in total. The number of amides is 1. The lowest BCUT2D eigenvalue weighted by Gasteiger charge is -2.14. The van der Waals surface area contributed by atoms with Crippen LogP contribution in [0, 0.1) is 10.1 Å². The Balaban J connectivity index is 1.73. The van der Waals surface area contributed by atoms with E-state index < -0.39 is 4.92 Å². The summed E-state index contributed by atoms with van der Waals surface area (Å²) >= 11 is 0. The molecule has 0 saturated heterocycles. The third-order valence-corrected chi connectivity index (χ3v) is 3.52. The first-order valence-electron chi connectivity index (χ1n) is 7.42. The van der Waals surface area contributed by atoms with Crippen molar-refractivity contribution in [2.45, 2.75) is 6.54 Å². The molecule has 0 aliphatic carbocycles. The topological polar surface area (TPSA) is 102 Å². The molecule has 126 valence electrons. The van der Waals surface area contributed by atoms with E-state index in [1.807, 2.05) is 30.3 Å². The molecule has 0 atom stereocenters. The SMILES string of the molecule is CN(Cc1nc(-c2ccccc2)no1)C(=O)c1cccc([N+](=O)[O-])c1. The number of nitro groups is 1. The Morgan fingerprint density at radius 2 is 1.96 bits per heavy atom. The van der Waals surface area contributed by atoms with Crippen molar-refractivity contribution >= 4 is 11.6 Å². The van der Waals surface area contributed by atoms with E-state index >= 15 is 0 Å². The smallest absolute Gasteiger partial charge is 0.270 e. The summed E-state index contributed by atoms with van der Waals surface area (Å²) < 4.78 is 5.17. The summed E-state index contributed by atoms with van der Waals surface area (Å²) in [5.74, 6) is 0.343. The molecule has 0 aliphatic rings. The van der Waals surface area contributed by atoms with Crippen LogP contribution < -0.4 is 0 Å². The predicted molar refractivity (Wildman–Crippen MR) is 88.6 cm³/mol. The Hall–Kier alpha value is -3.55. The van der Waals surface area contributed by atoms with Crippen molar-refractivity contribution in [1.29, 1.82) is 0 Å². The Morgan fingerprint density at radius 3 is 2.68 bits per heavy atom. The van der Waals surface area contributed by atoms with E-state index in [-0.39, 0.29) is 29.6 Å². The molecule has 3 rings (SSSR count). The van der Waals surface area contributed by atoms with Crippen molar-refractivity contribution in [1.82, 2.24) is 15.0 Å². The van der Waals surface area contributed by atoms with Gasteiger partial charge in [0, 0.05) is 30.3 Å². The molecule has 25 heavy (non-hydrogen) atoms. The third-order valence-electron chi connectivity index (χ3n) is 3.52. The summed E-state index contributed by atoms with van der Waals surface area (Å²) in [6.07, 6.45) is 0. The average Bonchev–Trinajstić information content (AvgIpc) is 3.10. The van der Waals surface area contributed by atoms with Crippen molar-refractivity contribution in [3.63, 3.8) is 0 Å². The lowest BCUT2D eigenvalue weighted by Crippen LogP contribution is -2.26. The summed E-state index contributed by atoms with van der Waals surface area (Å²) in [4.78, 5) is 28.3. The van der Waals surface area contributed by atoms with Gasteiger partial charge in [0.1, 0.15) is 0 Å². The van der Waals surface area contributed by atoms with Crippen molar-refractivity contribution in [2.24, 2.45) is 0 Å². The number of nitro benzene ring substituents is 1. The Morgan fingerprint density at radius 1 is 1.20 bits per heavy atom. The second-order valence-corrected chi connectivity index (χ2v) is 5.35. The Bertz CT molecular complexity index is 908. The number of hydrogen-bond donors (Lipinski definition) is 0. The fourth-order valence-corrected chi connectivity index (χ4v) is 2.27. The van der Waals surface area contributed by atoms with E-state index in [2.05, 4.69) is 10.1 Å². The molecule has 0 bridgehead atoms. The van der Waals surface area contributed by atoms with Crippen LogP contribution in [0.1, 0.15) is 16.2 Å². The summed E-state index contributed by atoms with van der Waals surface area (Å²) in [6.45, 7) is 0.0986. The standard InChI is InChI=1S/C17H14N4O4/c1-20(17(22)13-8-5-9-14(10-13)21(23)24)11-15-18-16(19-25-15)12-6-3-2-4-7-12/h2-10H,11H2,1H3. The molecular formula is C17H14N4O4. The molecule has 0 saturated carbocycles. The van der Waals surface area contributed by atoms with Gasteiger partial charge in [-0.3, -0.25) is 14.9 Å². The largest absolute Gasteiger partial charge is 0.337 e. The molecule has 3 aromatic rings. The highest BCUT2D eigenvalue weighted by atomic mass is 16.6. The summed E-state index contributed by atoms with van der Waals surface area (Å²) in [5.41, 5.74) is 0.896. The van der Waals surface area contributed by atoms with Crippen LogP contribution in [0.4, 0.5) is 5.69 Å². The first kappa shape index (κ1) is 16.3. The molecular weight excluding hydrogens is 324 g/mol. The van der Waals surface area contributed by atoms with E-state index in [0.717, 1.165) is 5.56 Å². The van der Waals surface area contributed by atoms with Gasteiger partial charge in [0.25, 0.3) is 11.6 Å². The molecule has 0 aliphatic heterocycles. The molecule has 0 fully saturated rings. The molecule has 1 amide bonds. The van der Waals surface area contributed by atoms with Gasteiger partial charge >= 0.3 is 0 Å². The molecule has 0 radical (unpaired) electrons. The minimum atomic E-state index is -0.541. The van der Waals surface area contributed by atoms with Crippen LogP contribution in [-0.2, 0) is 6.54 Å². The van der Waals surface area contributed by atoms with Crippen molar-refractivity contribution in [2.75, 3.05) is 7.05 Å². The maximum Gasteiger partial charge on any atom is 0.270 e. The molecule has 8 heteroatoms. The second-order valence-electron chi connectivity index (χ2n) is 5.35. The number of carbonyl (C=O) groups excluding carboxylic acids is 1. The Kier molecular flexibility index (Phi) is 4.51. The molecule has 0 spiro atoms. The van der Waals surface area contributed by atoms with Gasteiger partial charge in [-0.2, -0.15) is 4.98 Å². The minimum Gasteiger partial charge on any atom is -0.337 e. The van der Waals surface area contributed by atoms with Crippen LogP contribution in [0.25, 0.3) is 11.4 Å². The predicted octanol–water partition coefficient (Wildman–Crippen LogP) is 2.92. The number of rotatable bonds is 5. The first-order chi connectivity index (χ1) is 12.0. The van der Waals surface area contributed by atoms with Crippen LogP contribution in [-0.4, -0.2) is 32.9 Å². The van der Waals surface area contributed by atoms with Crippen LogP contribution in [0.3, 0.4) is 0 Å². The van der Waals surface area contributed by atoms with Gasteiger partial charge in [0.05, 0.1) is 11.5 Å². The van der Waals surface area contributed by atoms with E-state index in [4.69, 9.17) is 4.52 Å². The second kappa shape index (κ2) is 6.91. The highest BCUT2D eigenvalue weighted by Crippen LogP contribution is 2.17. The fourth-order valence-electron chi connectivity index (χ4n) is 2.27. The molecule has 0 unspecified atom stereocenters. The van der Waals surface area contributed by atoms with E-state index in [1.54, 1.807) is 7.05 Å². The first-order valence-corrected chi connectivity index (χ1v) is 7.42.